The van der Waals surface area contributed by atoms with Gasteiger partial charge in [0.25, 0.3) is 0 Å². The highest BCUT2D eigenvalue weighted by atomic mass is 15.3. The monoisotopic (exact) mass is 680 g/mol. The Morgan fingerprint density at radius 3 is 1.70 bits per heavy atom. The van der Waals surface area contributed by atoms with Crippen molar-refractivity contribution in [3.05, 3.63) is 193 Å². The standard InChI is InChI=1S/C49H36N4/c1-49(2)42-24-14-12-22-38(42)40-30-41-39-23-13-15-25-46(39)53(47(41)31-43(40)49)37-28-26-36(27-29-37)52(35-20-10-5-11-21-35)48-50-44(33-16-6-3-7-17-33)32-45(51-48)34-18-8-4-9-19-34/h3-32H,1-2H3. The third-order valence-corrected chi connectivity index (χ3v) is 10.8. The second kappa shape index (κ2) is 12.2. The number of hydrogen-bond acceptors (Lipinski definition) is 3. The lowest BCUT2D eigenvalue weighted by atomic mass is 9.82. The summed E-state index contributed by atoms with van der Waals surface area (Å²) < 4.78 is 2.42. The molecule has 2 aromatic heterocycles. The molecule has 9 aromatic rings. The van der Waals surface area contributed by atoms with E-state index in [9.17, 15) is 0 Å². The van der Waals surface area contributed by atoms with Gasteiger partial charge in [-0.2, -0.15) is 0 Å². The Bertz CT molecular complexity index is 2730. The first-order valence-electron chi connectivity index (χ1n) is 18.2. The molecule has 7 aromatic carbocycles. The number of rotatable bonds is 6. The van der Waals surface area contributed by atoms with Crippen LogP contribution in [-0.2, 0) is 5.41 Å². The van der Waals surface area contributed by atoms with Gasteiger partial charge in [0.15, 0.2) is 0 Å². The van der Waals surface area contributed by atoms with Gasteiger partial charge in [-0.1, -0.05) is 135 Å². The van der Waals surface area contributed by atoms with Crippen molar-refractivity contribution < 1.29 is 0 Å². The van der Waals surface area contributed by atoms with Crippen LogP contribution in [0.2, 0.25) is 0 Å². The van der Waals surface area contributed by atoms with Crippen LogP contribution in [-0.4, -0.2) is 14.5 Å². The molecule has 10 rings (SSSR count). The predicted molar refractivity (Wildman–Crippen MR) is 219 cm³/mol. The molecule has 0 atom stereocenters. The topological polar surface area (TPSA) is 34.0 Å². The van der Waals surface area contributed by atoms with Crippen molar-refractivity contribution in [2.24, 2.45) is 0 Å². The lowest BCUT2D eigenvalue weighted by Gasteiger charge is -2.25. The fourth-order valence-corrected chi connectivity index (χ4v) is 8.20. The zero-order valence-electron chi connectivity index (χ0n) is 29.6. The molecule has 0 saturated carbocycles. The van der Waals surface area contributed by atoms with Crippen LogP contribution in [0.3, 0.4) is 0 Å². The van der Waals surface area contributed by atoms with Crippen molar-refractivity contribution in [3.8, 4) is 39.3 Å². The van der Waals surface area contributed by atoms with Gasteiger partial charge in [-0.3, -0.25) is 4.90 Å². The average molecular weight is 681 g/mol. The van der Waals surface area contributed by atoms with Crippen LogP contribution in [0.5, 0.6) is 0 Å². The Hall–Kier alpha value is -6.78. The molecule has 252 valence electrons. The van der Waals surface area contributed by atoms with Gasteiger partial charge in [-0.05, 0) is 82.9 Å². The van der Waals surface area contributed by atoms with Gasteiger partial charge in [-0.15, -0.1) is 0 Å². The van der Waals surface area contributed by atoms with Gasteiger partial charge in [0.05, 0.1) is 22.4 Å². The number of para-hydroxylation sites is 2. The third kappa shape index (κ3) is 5.06. The summed E-state index contributed by atoms with van der Waals surface area (Å²) >= 11 is 0. The van der Waals surface area contributed by atoms with E-state index in [1.165, 1.54) is 44.1 Å². The summed E-state index contributed by atoms with van der Waals surface area (Å²) in [4.78, 5) is 12.6. The van der Waals surface area contributed by atoms with Crippen molar-refractivity contribution in [3.63, 3.8) is 0 Å². The minimum atomic E-state index is -0.0890. The van der Waals surface area contributed by atoms with Crippen LogP contribution in [0.25, 0.3) is 61.1 Å². The summed E-state index contributed by atoms with van der Waals surface area (Å²) in [5, 5.41) is 2.52. The highest BCUT2D eigenvalue weighted by molar-refractivity contribution is 6.11. The van der Waals surface area contributed by atoms with Crippen molar-refractivity contribution >= 4 is 39.1 Å². The maximum atomic E-state index is 5.21. The highest BCUT2D eigenvalue weighted by Crippen LogP contribution is 2.51. The van der Waals surface area contributed by atoms with Crippen molar-refractivity contribution in [1.82, 2.24) is 14.5 Å². The van der Waals surface area contributed by atoms with E-state index in [0.717, 1.165) is 39.6 Å². The van der Waals surface area contributed by atoms with Crippen LogP contribution >= 0.6 is 0 Å². The predicted octanol–water partition coefficient (Wildman–Crippen LogP) is 12.7. The van der Waals surface area contributed by atoms with E-state index in [1.807, 2.05) is 18.2 Å². The lowest BCUT2D eigenvalue weighted by Crippen LogP contribution is -2.15. The minimum absolute atomic E-state index is 0.0890. The van der Waals surface area contributed by atoms with Gasteiger partial charge < -0.3 is 4.57 Å². The van der Waals surface area contributed by atoms with Gasteiger partial charge >= 0.3 is 0 Å². The summed E-state index contributed by atoms with van der Waals surface area (Å²) in [6, 6.07) is 64.5. The van der Waals surface area contributed by atoms with Gasteiger partial charge in [0.2, 0.25) is 5.95 Å². The maximum absolute atomic E-state index is 5.21. The fraction of sp³-hybridized carbons (Fsp3) is 0.0612. The van der Waals surface area contributed by atoms with E-state index in [4.69, 9.17) is 9.97 Å². The number of aromatic nitrogens is 3. The molecule has 0 N–H and O–H groups in total. The molecular weight excluding hydrogens is 645 g/mol. The smallest absolute Gasteiger partial charge is 0.235 e. The molecule has 4 heteroatoms. The summed E-state index contributed by atoms with van der Waals surface area (Å²) in [5.41, 5.74) is 14.6. The summed E-state index contributed by atoms with van der Waals surface area (Å²) in [7, 11) is 0. The molecule has 4 nitrogen and oxygen atoms in total. The molecule has 0 aliphatic heterocycles. The second-order valence-corrected chi connectivity index (χ2v) is 14.3. The quantitative estimate of drug-likeness (QED) is 0.175. The number of anilines is 3. The maximum Gasteiger partial charge on any atom is 0.235 e. The Balaban J connectivity index is 1.14. The van der Waals surface area contributed by atoms with Crippen LogP contribution in [0.4, 0.5) is 17.3 Å². The van der Waals surface area contributed by atoms with E-state index in [2.05, 4.69) is 187 Å². The third-order valence-electron chi connectivity index (χ3n) is 10.8. The first kappa shape index (κ1) is 31.0. The van der Waals surface area contributed by atoms with Crippen LogP contribution in [0.1, 0.15) is 25.0 Å². The SMILES string of the molecule is CC1(C)c2ccccc2-c2cc3c4ccccc4n(-c4ccc(N(c5ccccc5)c5nc(-c6ccccc6)cc(-c6ccccc6)n5)cc4)c3cc21. The number of nitrogens with zero attached hydrogens (tertiary/aromatic N) is 4. The van der Waals surface area contributed by atoms with E-state index >= 15 is 0 Å². The minimum Gasteiger partial charge on any atom is -0.309 e. The Labute approximate surface area is 309 Å². The molecule has 0 saturated heterocycles. The highest BCUT2D eigenvalue weighted by Gasteiger charge is 2.36. The van der Waals surface area contributed by atoms with Crippen molar-refractivity contribution in [1.29, 1.82) is 0 Å². The number of hydrogen-bond donors (Lipinski definition) is 0. The van der Waals surface area contributed by atoms with Crippen molar-refractivity contribution in [2.75, 3.05) is 4.90 Å². The van der Waals surface area contributed by atoms with Gasteiger partial charge in [0.1, 0.15) is 0 Å². The molecule has 0 unspecified atom stereocenters. The molecule has 53 heavy (non-hydrogen) atoms. The van der Waals surface area contributed by atoms with Crippen LogP contribution < -0.4 is 4.90 Å². The Kier molecular flexibility index (Phi) is 7.12. The van der Waals surface area contributed by atoms with Crippen molar-refractivity contribution in [2.45, 2.75) is 19.3 Å². The zero-order valence-corrected chi connectivity index (χ0v) is 29.6. The summed E-state index contributed by atoms with van der Waals surface area (Å²) in [5.74, 6) is 0.610. The normalized spacial score (nSPS) is 12.9. The Morgan fingerprint density at radius 2 is 1.02 bits per heavy atom. The van der Waals surface area contributed by atoms with Gasteiger partial charge in [-0.25, -0.2) is 9.97 Å². The number of fused-ring (bicyclic) bond motifs is 6. The first-order chi connectivity index (χ1) is 26.0. The van der Waals surface area contributed by atoms with E-state index in [1.54, 1.807) is 0 Å². The Morgan fingerprint density at radius 1 is 0.453 bits per heavy atom. The molecule has 2 heterocycles. The van der Waals surface area contributed by atoms with E-state index in [0.29, 0.717) is 5.95 Å². The summed E-state index contributed by atoms with van der Waals surface area (Å²) in [6.45, 7) is 4.70. The fourth-order valence-electron chi connectivity index (χ4n) is 8.20. The molecule has 0 radical (unpaired) electrons. The summed E-state index contributed by atoms with van der Waals surface area (Å²) in [6.07, 6.45) is 0. The lowest BCUT2D eigenvalue weighted by molar-refractivity contribution is 0.661. The van der Waals surface area contributed by atoms with Crippen LogP contribution in [0.15, 0.2) is 182 Å². The van der Waals surface area contributed by atoms with Gasteiger partial charge in [0, 0.05) is 44.4 Å². The molecule has 0 bridgehead atoms. The molecular formula is C49H36N4. The first-order valence-corrected chi connectivity index (χ1v) is 18.2. The molecule has 0 fully saturated rings. The van der Waals surface area contributed by atoms with E-state index in [-0.39, 0.29) is 5.41 Å². The van der Waals surface area contributed by atoms with Crippen LogP contribution in [0, 0.1) is 0 Å². The average Bonchev–Trinajstić information content (AvgIpc) is 3.66. The molecule has 0 amide bonds. The number of benzene rings is 7. The molecule has 0 spiro atoms. The second-order valence-electron chi connectivity index (χ2n) is 14.3. The zero-order chi connectivity index (χ0) is 35.5. The van der Waals surface area contributed by atoms with E-state index < -0.39 is 0 Å². The molecule has 1 aliphatic rings. The molecule has 1 aliphatic carbocycles. The largest absolute Gasteiger partial charge is 0.309 e.